The van der Waals surface area contributed by atoms with Gasteiger partial charge in [0.05, 0.1) is 7.11 Å². The first-order chi connectivity index (χ1) is 7.54. The molecule has 1 rings (SSSR count). The molecule has 1 atom stereocenters. The average molecular weight is 304 g/mol. The lowest BCUT2D eigenvalue weighted by molar-refractivity contribution is -0.139. The Kier molecular flexibility index (Phi) is 5.15. The predicted molar refractivity (Wildman–Crippen MR) is 71.0 cm³/mol. The molecule has 2 N–H and O–H groups in total. The van der Waals surface area contributed by atoms with Gasteiger partial charge in [0, 0.05) is 16.3 Å². The third-order valence-electron chi connectivity index (χ3n) is 2.01. The van der Waals surface area contributed by atoms with Crippen molar-refractivity contribution in [1.82, 2.24) is 0 Å². The normalized spacial score (nSPS) is 12.2. The monoisotopic (exact) mass is 303 g/mol. The van der Waals surface area contributed by atoms with Gasteiger partial charge in [-0.15, -0.1) is 11.8 Å². The Labute approximate surface area is 108 Å². The fraction of sp³-hybridized carbons (Fsp3) is 0.364. The number of anilines is 1. The van der Waals surface area contributed by atoms with E-state index in [1.807, 2.05) is 25.1 Å². The van der Waals surface area contributed by atoms with Crippen LogP contribution in [0.2, 0.25) is 0 Å². The average Bonchev–Trinajstić information content (AvgIpc) is 2.28. The SMILES string of the molecule is COC(=O)C(Br)CSc1cc(C)ccc1N. The molecular weight excluding hydrogens is 290 g/mol. The summed E-state index contributed by atoms with van der Waals surface area (Å²) in [7, 11) is 1.38. The topological polar surface area (TPSA) is 52.3 Å². The van der Waals surface area contributed by atoms with Gasteiger partial charge in [-0.1, -0.05) is 22.0 Å². The quantitative estimate of drug-likeness (QED) is 0.402. The number of rotatable bonds is 4. The highest BCUT2D eigenvalue weighted by atomic mass is 79.9. The Morgan fingerprint density at radius 2 is 2.31 bits per heavy atom. The van der Waals surface area contributed by atoms with E-state index < -0.39 is 0 Å². The van der Waals surface area contributed by atoms with Crippen molar-refractivity contribution in [2.45, 2.75) is 16.6 Å². The zero-order valence-corrected chi connectivity index (χ0v) is 11.6. The molecular formula is C11H14BrNO2S. The summed E-state index contributed by atoms with van der Waals surface area (Å²) in [5.41, 5.74) is 7.72. The van der Waals surface area contributed by atoms with Gasteiger partial charge < -0.3 is 10.5 Å². The number of methoxy groups -OCH3 is 1. The number of halogens is 1. The number of carbonyl (C=O) groups is 1. The van der Waals surface area contributed by atoms with E-state index in [9.17, 15) is 4.79 Å². The standard InChI is InChI=1S/C11H14BrNO2S/c1-7-3-4-9(13)10(5-7)16-6-8(12)11(14)15-2/h3-5,8H,6,13H2,1-2H3. The van der Waals surface area contributed by atoms with Gasteiger partial charge in [0.15, 0.2) is 0 Å². The summed E-state index contributed by atoms with van der Waals surface area (Å²) in [4.78, 5) is 11.9. The maximum atomic E-state index is 11.2. The Balaban J connectivity index is 2.60. The van der Waals surface area contributed by atoms with E-state index in [-0.39, 0.29) is 10.8 Å². The zero-order chi connectivity index (χ0) is 12.1. The van der Waals surface area contributed by atoms with Crippen LogP contribution < -0.4 is 5.73 Å². The second-order valence-corrected chi connectivity index (χ2v) is 5.51. The van der Waals surface area contributed by atoms with E-state index in [1.165, 1.54) is 7.11 Å². The number of esters is 1. The number of ether oxygens (including phenoxy) is 1. The van der Waals surface area contributed by atoms with Gasteiger partial charge in [0.1, 0.15) is 4.83 Å². The van der Waals surface area contributed by atoms with Gasteiger partial charge in [-0.2, -0.15) is 0 Å². The third kappa shape index (κ3) is 3.72. The van der Waals surface area contributed by atoms with Gasteiger partial charge in [-0.05, 0) is 24.6 Å². The number of aryl methyl sites for hydroxylation is 1. The van der Waals surface area contributed by atoms with Crippen LogP contribution in [-0.2, 0) is 9.53 Å². The highest BCUT2D eigenvalue weighted by Gasteiger charge is 2.15. The summed E-state index contributed by atoms with van der Waals surface area (Å²) >= 11 is 4.81. The van der Waals surface area contributed by atoms with Crippen LogP contribution in [0.15, 0.2) is 23.1 Å². The fourth-order valence-electron chi connectivity index (χ4n) is 1.13. The van der Waals surface area contributed by atoms with E-state index in [1.54, 1.807) is 11.8 Å². The van der Waals surface area contributed by atoms with Crippen molar-refractivity contribution in [3.8, 4) is 0 Å². The second-order valence-electron chi connectivity index (χ2n) is 3.34. The summed E-state index contributed by atoms with van der Waals surface area (Å²) < 4.78 is 4.62. The van der Waals surface area contributed by atoms with E-state index in [2.05, 4.69) is 20.7 Å². The van der Waals surface area contributed by atoms with Crippen molar-refractivity contribution in [3.05, 3.63) is 23.8 Å². The molecule has 1 aromatic carbocycles. The molecule has 1 aromatic rings. The van der Waals surface area contributed by atoms with Crippen molar-refractivity contribution in [3.63, 3.8) is 0 Å². The van der Waals surface area contributed by atoms with Crippen molar-refractivity contribution in [1.29, 1.82) is 0 Å². The van der Waals surface area contributed by atoms with Crippen LogP contribution in [0.5, 0.6) is 0 Å². The molecule has 3 nitrogen and oxygen atoms in total. The van der Waals surface area contributed by atoms with Gasteiger partial charge in [0.2, 0.25) is 0 Å². The minimum absolute atomic E-state index is 0.265. The molecule has 0 amide bonds. The third-order valence-corrected chi connectivity index (χ3v) is 4.30. The van der Waals surface area contributed by atoms with E-state index >= 15 is 0 Å². The number of hydrogen-bond acceptors (Lipinski definition) is 4. The molecule has 0 fully saturated rings. The Morgan fingerprint density at radius 3 is 2.94 bits per heavy atom. The molecule has 88 valence electrons. The molecule has 5 heteroatoms. The number of nitrogens with two attached hydrogens (primary N) is 1. The summed E-state index contributed by atoms with van der Waals surface area (Å²) in [6, 6.07) is 5.85. The van der Waals surface area contributed by atoms with E-state index in [4.69, 9.17) is 5.73 Å². The van der Waals surface area contributed by atoms with E-state index in [0.29, 0.717) is 5.75 Å². The number of hydrogen-bond donors (Lipinski definition) is 1. The molecule has 0 spiro atoms. The zero-order valence-electron chi connectivity index (χ0n) is 9.20. The minimum atomic E-state index is -0.303. The molecule has 0 aromatic heterocycles. The van der Waals surface area contributed by atoms with Crippen molar-refractivity contribution < 1.29 is 9.53 Å². The molecule has 0 aliphatic heterocycles. The lowest BCUT2D eigenvalue weighted by Gasteiger charge is -2.09. The fourth-order valence-corrected chi connectivity index (χ4v) is 2.67. The number of benzene rings is 1. The predicted octanol–water partition coefficient (Wildman–Crippen LogP) is 2.61. The van der Waals surface area contributed by atoms with Gasteiger partial charge in [-0.3, -0.25) is 4.79 Å². The smallest absolute Gasteiger partial charge is 0.320 e. The molecule has 1 unspecified atom stereocenters. The van der Waals surface area contributed by atoms with Crippen LogP contribution in [0.4, 0.5) is 5.69 Å². The second kappa shape index (κ2) is 6.15. The number of alkyl halides is 1. The summed E-state index contributed by atoms with van der Waals surface area (Å²) in [6.07, 6.45) is 0. The van der Waals surface area contributed by atoms with Crippen molar-refractivity contribution in [2.24, 2.45) is 0 Å². The van der Waals surface area contributed by atoms with E-state index in [0.717, 1.165) is 16.1 Å². The summed E-state index contributed by atoms with van der Waals surface area (Å²) in [6.45, 7) is 2.01. The first kappa shape index (κ1) is 13.4. The minimum Gasteiger partial charge on any atom is -0.468 e. The number of thioether (sulfide) groups is 1. The van der Waals surface area contributed by atoms with Crippen LogP contribution in [-0.4, -0.2) is 23.7 Å². The first-order valence-corrected chi connectivity index (χ1v) is 6.65. The molecule has 0 saturated heterocycles. The van der Waals surface area contributed by atoms with Gasteiger partial charge in [-0.25, -0.2) is 0 Å². The highest BCUT2D eigenvalue weighted by Crippen LogP contribution is 2.27. The molecule has 0 radical (unpaired) electrons. The van der Waals surface area contributed by atoms with Crippen molar-refractivity contribution >= 4 is 39.3 Å². The van der Waals surface area contributed by atoms with Gasteiger partial charge in [0.25, 0.3) is 0 Å². The Bertz CT molecular complexity index is 384. The molecule has 0 aliphatic rings. The maximum absolute atomic E-state index is 11.2. The molecule has 0 heterocycles. The first-order valence-electron chi connectivity index (χ1n) is 4.75. The lowest BCUT2D eigenvalue weighted by Crippen LogP contribution is -2.17. The molecule has 16 heavy (non-hydrogen) atoms. The molecule has 0 bridgehead atoms. The maximum Gasteiger partial charge on any atom is 0.320 e. The van der Waals surface area contributed by atoms with Crippen LogP contribution in [0, 0.1) is 6.92 Å². The summed E-state index contributed by atoms with van der Waals surface area (Å²) in [5, 5.41) is 0. The number of nitrogen functional groups attached to an aromatic ring is 1. The lowest BCUT2D eigenvalue weighted by atomic mass is 10.2. The van der Waals surface area contributed by atoms with Crippen LogP contribution in [0.25, 0.3) is 0 Å². The molecule has 0 saturated carbocycles. The summed E-state index contributed by atoms with van der Waals surface area (Å²) in [5.74, 6) is 0.332. The largest absolute Gasteiger partial charge is 0.468 e. The molecule has 0 aliphatic carbocycles. The van der Waals surface area contributed by atoms with Crippen LogP contribution >= 0.6 is 27.7 Å². The van der Waals surface area contributed by atoms with Crippen LogP contribution in [0.3, 0.4) is 0 Å². The Hall–Kier alpha value is -0.680. The Morgan fingerprint density at radius 1 is 1.62 bits per heavy atom. The van der Waals surface area contributed by atoms with Crippen LogP contribution in [0.1, 0.15) is 5.56 Å². The van der Waals surface area contributed by atoms with Crippen molar-refractivity contribution in [2.75, 3.05) is 18.6 Å². The van der Waals surface area contributed by atoms with Gasteiger partial charge >= 0.3 is 5.97 Å². The number of carbonyl (C=O) groups excluding carboxylic acids is 1. The highest BCUT2D eigenvalue weighted by molar-refractivity contribution is 9.10.